The number of benzene rings is 2. The largest absolute Gasteiger partial charge is 0.490 e. The first-order valence-electron chi connectivity index (χ1n) is 6.96. The summed E-state index contributed by atoms with van der Waals surface area (Å²) >= 11 is 3.38. The van der Waals surface area contributed by atoms with Crippen LogP contribution in [0.4, 0.5) is 10.1 Å². The summed E-state index contributed by atoms with van der Waals surface area (Å²) < 4.78 is 19.1. The Morgan fingerprint density at radius 2 is 1.96 bits per heavy atom. The van der Waals surface area contributed by atoms with Crippen molar-refractivity contribution < 1.29 is 19.0 Å². The van der Waals surface area contributed by atoms with E-state index in [0.717, 1.165) is 10.0 Å². The molecule has 6 heteroatoms. The number of hydrogen-bond donors (Lipinski definition) is 2. The molecule has 4 nitrogen and oxygen atoms in total. The van der Waals surface area contributed by atoms with E-state index < -0.39 is 11.5 Å². The van der Waals surface area contributed by atoms with Crippen molar-refractivity contribution in [2.24, 2.45) is 0 Å². The van der Waals surface area contributed by atoms with E-state index in [2.05, 4.69) is 21.2 Å². The SMILES string of the molecule is Cc1cc(NC(=O)C(C)(O)COc2ccc(F)cc2)ccc1Br. The Balaban J connectivity index is 1.98. The summed E-state index contributed by atoms with van der Waals surface area (Å²) in [4.78, 5) is 12.2. The van der Waals surface area contributed by atoms with Gasteiger partial charge in [0.05, 0.1) is 0 Å². The Morgan fingerprint density at radius 1 is 1.30 bits per heavy atom. The predicted molar refractivity (Wildman–Crippen MR) is 90.0 cm³/mol. The monoisotopic (exact) mass is 381 g/mol. The van der Waals surface area contributed by atoms with Crippen LogP contribution in [0.5, 0.6) is 5.75 Å². The van der Waals surface area contributed by atoms with E-state index in [4.69, 9.17) is 4.74 Å². The number of aryl methyl sites for hydroxylation is 1. The number of aliphatic hydroxyl groups is 1. The summed E-state index contributed by atoms with van der Waals surface area (Å²) in [6, 6.07) is 10.7. The Kier molecular flexibility index (Phi) is 5.38. The lowest BCUT2D eigenvalue weighted by molar-refractivity contribution is -0.135. The van der Waals surface area contributed by atoms with E-state index in [1.165, 1.54) is 31.2 Å². The van der Waals surface area contributed by atoms with E-state index in [1.54, 1.807) is 12.1 Å². The van der Waals surface area contributed by atoms with Crippen LogP contribution in [0.3, 0.4) is 0 Å². The second-order valence-corrected chi connectivity index (χ2v) is 6.29. The summed E-state index contributed by atoms with van der Waals surface area (Å²) in [5, 5.41) is 12.9. The van der Waals surface area contributed by atoms with Crippen molar-refractivity contribution in [2.45, 2.75) is 19.4 Å². The van der Waals surface area contributed by atoms with Gasteiger partial charge >= 0.3 is 0 Å². The van der Waals surface area contributed by atoms with Crippen molar-refractivity contribution >= 4 is 27.5 Å². The number of amides is 1. The van der Waals surface area contributed by atoms with Crippen LogP contribution in [-0.2, 0) is 4.79 Å². The Hall–Kier alpha value is -1.92. The summed E-state index contributed by atoms with van der Waals surface area (Å²) in [5.41, 5.74) is -0.183. The normalized spacial score (nSPS) is 13.3. The van der Waals surface area contributed by atoms with Crippen molar-refractivity contribution in [2.75, 3.05) is 11.9 Å². The Labute approximate surface area is 142 Å². The van der Waals surface area contributed by atoms with Crippen LogP contribution in [0.2, 0.25) is 0 Å². The van der Waals surface area contributed by atoms with Crippen LogP contribution in [0.25, 0.3) is 0 Å². The van der Waals surface area contributed by atoms with E-state index in [-0.39, 0.29) is 12.4 Å². The molecular formula is C17H17BrFNO3. The van der Waals surface area contributed by atoms with Gasteiger partial charge < -0.3 is 15.2 Å². The summed E-state index contributed by atoms with van der Waals surface area (Å²) in [7, 11) is 0. The molecule has 0 aromatic heterocycles. The highest BCUT2D eigenvalue weighted by atomic mass is 79.9. The standard InChI is InChI=1S/C17H17BrFNO3/c1-11-9-13(5-8-15(11)18)20-16(21)17(2,22)10-23-14-6-3-12(19)4-7-14/h3-9,22H,10H2,1-2H3,(H,20,21). The fourth-order valence-corrected chi connectivity index (χ4v) is 2.06. The topological polar surface area (TPSA) is 58.6 Å². The van der Waals surface area contributed by atoms with Crippen LogP contribution in [0.15, 0.2) is 46.9 Å². The van der Waals surface area contributed by atoms with E-state index in [9.17, 15) is 14.3 Å². The van der Waals surface area contributed by atoms with Gasteiger partial charge in [-0.2, -0.15) is 0 Å². The minimum atomic E-state index is -1.73. The number of nitrogens with one attached hydrogen (secondary N) is 1. The molecule has 1 atom stereocenters. The lowest BCUT2D eigenvalue weighted by atomic mass is 10.1. The Bertz CT molecular complexity index is 701. The van der Waals surface area contributed by atoms with E-state index >= 15 is 0 Å². The second-order valence-electron chi connectivity index (χ2n) is 5.43. The first-order chi connectivity index (χ1) is 10.8. The van der Waals surface area contributed by atoms with Gasteiger partial charge in [0.2, 0.25) is 0 Å². The van der Waals surface area contributed by atoms with Crippen molar-refractivity contribution in [3.05, 3.63) is 58.3 Å². The third-order valence-corrected chi connectivity index (χ3v) is 4.13. The molecule has 23 heavy (non-hydrogen) atoms. The molecule has 0 aliphatic heterocycles. The molecule has 1 amide bonds. The van der Waals surface area contributed by atoms with Crippen LogP contribution in [0, 0.1) is 12.7 Å². The number of hydrogen-bond acceptors (Lipinski definition) is 3. The molecule has 2 aromatic carbocycles. The molecule has 0 saturated heterocycles. The number of anilines is 1. The quantitative estimate of drug-likeness (QED) is 0.830. The van der Waals surface area contributed by atoms with Crippen LogP contribution in [-0.4, -0.2) is 23.2 Å². The van der Waals surface area contributed by atoms with Gasteiger partial charge in [0.15, 0.2) is 5.60 Å². The van der Waals surface area contributed by atoms with E-state index in [0.29, 0.717) is 11.4 Å². The molecule has 0 aliphatic carbocycles. The number of ether oxygens (including phenoxy) is 1. The maximum atomic E-state index is 12.8. The Morgan fingerprint density at radius 3 is 2.57 bits per heavy atom. The molecule has 2 rings (SSSR count). The zero-order valence-electron chi connectivity index (χ0n) is 12.8. The maximum Gasteiger partial charge on any atom is 0.259 e. The lowest BCUT2D eigenvalue weighted by Gasteiger charge is -2.22. The fraction of sp³-hybridized carbons (Fsp3) is 0.235. The average molecular weight is 382 g/mol. The van der Waals surface area contributed by atoms with Crippen molar-refractivity contribution in [1.29, 1.82) is 0 Å². The molecule has 0 radical (unpaired) electrons. The van der Waals surface area contributed by atoms with Gasteiger partial charge in [-0.3, -0.25) is 4.79 Å². The highest BCUT2D eigenvalue weighted by Gasteiger charge is 2.31. The van der Waals surface area contributed by atoms with Gasteiger partial charge in [-0.05, 0) is 61.9 Å². The number of carbonyl (C=O) groups is 1. The smallest absolute Gasteiger partial charge is 0.259 e. The molecule has 2 N–H and O–H groups in total. The van der Waals surface area contributed by atoms with Crippen molar-refractivity contribution in [3.8, 4) is 5.75 Å². The zero-order valence-corrected chi connectivity index (χ0v) is 14.4. The lowest BCUT2D eigenvalue weighted by Crippen LogP contribution is -2.45. The van der Waals surface area contributed by atoms with Gasteiger partial charge in [-0.15, -0.1) is 0 Å². The summed E-state index contributed by atoms with van der Waals surface area (Å²) in [6.07, 6.45) is 0. The zero-order chi connectivity index (χ0) is 17.0. The first kappa shape index (κ1) is 17.4. The van der Waals surface area contributed by atoms with Crippen LogP contribution >= 0.6 is 15.9 Å². The van der Waals surface area contributed by atoms with Crippen LogP contribution in [0.1, 0.15) is 12.5 Å². The van der Waals surface area contributed by atoms with E-state index in [1.807, 2.05) is 13.0 Å². The van der Waals surface area contributed by atoms with Gasteiger partial charge in [0, 0.05) is 10.2 Å². The molecule has 0 aliphatic rings. The molecule has 0 heterocycles. The third kappa shape index (κ3) is 4.77. The summed E-state index contributed by atoms with van der Waals surface area (Å²) in [5.74, 6) is -0.590. The molecule has 0 fully saturated rings. The number of carbonyl (C=O) groups excluding carboxylic acids is 1. The molecule has 1 unspecified atom stereocenters. The highest BCUT2D eigenvalue weighted by molar-refractivity contribution is 9.10. The maximum absolute atomic E-state index is 12.8. The highest BCUT2D eigenvalue weighted by Crippen LogP contribution is 2.21. The number of halogens is 2. The molecule has 122 valence electrons. The van der Waals surface area contributed by atoms with Crippen LogP contribution < -0.4 is 10.1 Å². The third-order valence-electron chi connectivity index (χ3n) is 3.24. The van der Waals surface area contributed by atoms with Crippen molar-refractivity contribution in [1.82, 2.24) is 0 Å². The second kappa shape index (κ2) is 7.10. The van der Waals surface area contributed by atoms with Gasteiger partial charge in [0.1, 0.15) is 18.2 Å². The fourth-order valence-electron chi connectivity index (χ4n) is 1.81. The van der Waals surface area contributed by atoms with Gasteiger partial charge in [-0.1, -0.05) is 15.9 Å². The average Bonchev–Trinajstić information content (AvgIpc) is 2.50. The van der Waals surface area contributed by atoms with Crippen molar-refractivity contribution in [3.63, 3.8) is 0 Å². The molecular weight excluding hydrogens is 365 g/mol. The molecule has 0 spiro atoms. The minimum absolute atomic E-state index is 0.250. The molecule has 0 saturated carbocycles. The molecule has 0 bridgehead atoms. The minimum Gasteiger partial charge on any atom is -0.490 e. The summed E-state index contributed by atoms with van der Waals surface area (Å²) in [6.45, 7) is 3.01. The number of rotatable bonds is 5. The van der Waals surface area contributed by atoms with Gasteiger partial charge in [-0.25, -0.2) is 4.39 Å². The van der Waals surface area contributed by atoms with Gasteiger partial charge in [0.25, 0.3) is 5.91 Å². The first-order valence-corrected chi connectivity index (χ1v) is 7.75. The predicted octanol–water partition coefficient (Wildman–Crippen LogP) is 3.67. The molecule has 2 aromatic rings.